The minimum atomic E-state index is -0.278. The Labute approximate surface area is 143 Å². The first-order valence-electron chi connectivity index (χ1n) is 7.44. The van der Waals surface area contributed by atoms with Gasteiger partial charge in [-0.1, -0.05) is 80.4 Å². The van der Waals surface area contributed by atoms with Crippen LogP contribution in [0.2, 0.25) is 0 Å². The summed E-state index contributed by atoms with van der Waals surface area (Å²) < 4.78 is 0. The maximum absolute atomic E-state index is 4.82. The van der Waals surface area contributed by atoms with Gasteiger partial charge in [0.05, 0.1) is 0 Å². The standard InChI is InChI=1S/C18H21NP.Re/c1-2-15-13-18(14-19-15)20(16-9-5-3-6-10-16)17-11-7-4-8-12-17;/h3-12,15,18H,2,13-14H2,1H3;/q-1;. The Morgan fingerprint density at radius 1 is 0.952 bits per heavy atom. The van der Waals surface area contributed by atoms with Crippen LogP contribution in [0.15, 0.2) is 60.7 Å². The molecule has 0 spiro atoms. The Balaban J connectivity index is 0.00000161. The average molecular weight is 469 g/mol. The van der Waals surface area contributed by atoms with Crippen molar-refractivity contribution in [1.82, 2.24) is 0 Å². The summed E-state index contributed by atoms with van der Waals surface area (Å²) in [5.41, 5.74) is 0.708. The van der Waals surface area contributed by atoms with E-state index in [9.17, 15) is 0 Å². The third-order valence-corrected chi connectivity index (χ3v) is 6.84. The van der Waals surface area contributed by atoms with Gasteiger partial charge in [-0.15, -0.1) is 12.6 Å². The minimum absolute atomic E-state index is 0. The summed E-state index contributed by atoms with van der Waals surface area (Å²) >= 11 is 0. The maximum atomic E-state index is 4.82. The van der Waals surface area contributed by atoms with Crippen LogP contribution in [0.4, 0.5) is 0 Å². The Morgan fingerprint density at radius 2 is 1.48 bits per heavy atom. The third-order valence-electron chi connectivity index (χ3n) is 4.02. The molecule has 21 heavy (non-hydrogen) atoms. The van der Waals surface area contributed by atoms with Gasteiger partial charge in [-0.25, -0.2) is 0 Å². The van der Waals surface area contributed by atoms with Crippen molar-refractivity contribution in [2.24, 2.45) is 0 Å². The zero-order valence-electron chi connectivity index (χ0n) is 12.3. The molecule has 0 bridgehead atoms. The fourth-order valence-electron chi connectivity index (χ4n) is 2.96. The quantitative estimate of drug-likeness (QED) is 0.602. The van der Waals surface area contributed by atoms with E-state index in [1.807, 2.05) is 0 Å². The van der Waals surface area contributed by atoms with Crippen molar-refractivity contribution in [2.45, 2.75) is 31.5 Å². The molecule has 0 amide bonds. The molecule has 0 aromatic heterocycles. The second-order valence-corrected chi connectivity index (χ2v) is 7.86. The van der Waals surface area contributed by atoms with E-state index in [1.54, 1.807) is 0 Å². The molecule has 0 N–H and O–H groups in total. The zero-order valence-corrected chi connectivity index (χ0v) is 15.9. The minimum Gasteiger partial charge on any atom is -0.659 e. The topological polar surface area (TPSA) is 14.1 Å². The van der Waals surface area contributed by atoms with E-state index < -0.39 is 0 Å². The van der Waals surface area contributed by atoms with E-state index >= 15 is 0 Å². The molecule has 2 aromatic rings. The molecule has 2 aromatic carbocycles. The molecule has 1 radical (unpaired) electrons. The summed E-state index contributed by atoms with van der Waals surface area (Å²) in [6.07, 6.45) is 2.44. The van der Waals surface area contributed by atoms with Crippen LogP contribution in [0, 0.1) is 0 Å². The smallest absolute Gasteiger partial charge is 0 e. The summed E-state index contributed by atoms with van der Waals surface area (Å²) in [4.78, 5) is 0. The predicted octanol–water partition coefficient (Wildman–Crippen LogP) is 4.04. The fraction of sp³-hybridized carbons (Fsp3) is 0.333. The van der Waals surface area contributed by atoms with Gasteiger partial charge in [-0.05, 0) is 24.2 Å². The van der Waals surface area contributed by atoms with Crippen molar-refractivity contribution in [3.63, 3.8) is 0 Å². The second kappa shape index (κ2) is 8.21. The molecule has 0 saturated carbocycles. The van der Waals surface area contributed by atoms with Gasteiger partial charge in [0, 0.05) is 20.4 Å². The van der Waals surface area contributed by atoms with Crippen LogP contribution in [-0.2, 0) is 20.4 Å². The molecule has 3 rings (SSSR count). The molecule has 1 heterocycles. The second-order valence-electron chi connectivity index (χ2n) is 5.36. The van der Waals surface area contributed by atoms with E-state index in [1.165, 1.54) is 23.5 Å². The molecule has 1 saturated heterocycles. The largest absolute Gasteiger partial charge is 0.659 e. The van der Waals surface area contributed by atoms with Crippen LogP contribution in [-0.4, -0.2) is 18.2 Å². The van der Waals surface area contributed by atoms with Crippen molar-refractivity contribution in [3.05, 3.63) is 66.0 Å². The molecular formula is C18H21NPRe-. The van der Waals surface area contributed by atoms with Gasteiger partial charge in [0.15, 0.2) is 0 Å². The van der Waals surface area contributed by atoms with Crippen LogP contribution < -0.4 is 10.6 Å². The van der Waals surface area contributed by atoms with Crippen LogP contribution in [0.25, 0.3) is 5.32 Å². The Morgan fingerprint density at radius 3 is 1.90 bits per heavy atom. The van der Waals surface area contributed by atoms with Crippen molar-refractivity contribution in [3.8, 4) is 0 Å². The van der Waals surface area contributed by atoms with Crippen molar-refractivity contribution in [2.75, 3.05) is 6.54 Å². The summed E-state index contributed by atoms with van der Waals surface area (Å²) in [5.74, 6) is 0. The molecule has 1 aliphatic heterocycles. The van der Waals surface area contributed by atoms with Crippen LogP contribution in [0.1, 0.15) is 19.8 Å². The molecular weight excluding hydrogens is 447 g/mol. The van der Waals surface area contributed by atoms with Crippen LogP contribution >= 0.6 is 7.92 Å². The van der Waals surface area contributed by atoms with Gasteiger partial charge in [0.2, 0.25) is 0 Å². The first-order chi connectivity index (χ1) is 9.88. The van der Waals surface area contributed by atoms with Crippen LogP contribution in [0.5, 0.6) is 0 Å². The SMILES string of the molecule is CCC1CC(P(c2ccccc2)c2ccccc2)C[N-]1.[Re]. The van der Waals surface area contributed by atoms with Gasteiger partial charge in [0.1, 0.15) is 0 Å². The zero-order chi connectivity index (χ0) is 13.8. The monoisotopic (exact) mass is 469 g/mol. The molecule has 2 atom stereocenters. The molecule has 111 valence electrons. The van der Waals surface area contributed by atoms with Crippen molar-refractivity contribution < 1.29 is 20.4 Å². The number of rotatable bonds is 4. The average Bonchev–Trinajstić information content (AvgIpc) is 2.98. The molecule has 1 fully saturated rings. The van der Waals surface area contributed by atoms with E-state index in [4.69, 9.17) is 5.32 Å². The van der Waals surface area contributed by atoms with E-state index in [0.29, 0.717) is 11.7 Å². The van der Waals surface area contributed by atoms with Gasteiger partial charge >= 0.3 is 0 Å². The first-order valence-corrected chi connectivity index (χ1v) is 8.85. The number of nitrogens with zero attached hydrogens (tertiary/aromatic N) is 1. The molecule has 1 nitrogen and oxygen atoms in total. The Kier molecular flexibility index (Phi) is 6.59. The molecule has 2 unspecified atom stereocenters. The van der Waals surface area contributed by atoms with Gasteiger partial charge < -0.3 is 5.32 Å². The number of hydrogen-bond acceptors (Lipinski definition) is 0. The number of hydrogen-bond donors (Lipinski definition) is 0. The molecule has 3 heteroatoms. The summed E-state index contributed by atoms with van der Waals surface area (Å²) in [6.45, 7) is 3.29. The van der Waals surface area contributed by atoms with Crippen LogP contribution in [0.3, 0.4) is 0 Å². The van der Waals surface area contributed by atoms with Gasteiger partial charge in [-0.2, -0.15) is 0 Å². The Bertz CT molecular complexity index is 492. The first kappa shape index (κ1) is 16.9. The predicted molar refractivity (Wildman–Crippen MR) is 89.8 cm³/mol. The summed E-state index contributed by atoms with van der Waals surface area (Å²) in [6, 6.07) is 22.6. The van der Waals surface area contributed by atoms with Crippen molar-refractivity contribution >= 4 is 18.5 Å². The fourth-order valence-corrected chi connectivity index (χ4v) is 5.80. The van der Waals surface area contributed by atoms with Gasteiger partial charge in [-0.3, -0.25) is 0 Å². The van der Waals surface area contributed by atoms with E-state index in [-0.39, 0.29) is 28.3 Å². The van der Waals surface area contributed by atoms with E-state index in [0.717, 1.165) is 6.54 Å². The number of benzene rings is 2. The normalized spacial score (nSPS) is 21.2. The molecule has 0 aliphatic carbocycles. The third kappa shape index (κ3) is 4.03. The summed E-state index contributed by atoms with van der Waals surface area (Å²) in [7, 11) is -0.278. The van der Waals surface area contributed by atoms with Gasteiger partial charge in [0.25, 0.3) is 0 Å². The Hall–Kier alpha value is -0.508. The van der Waals surface area contributed by atoms with Crippen molar-refractivity contribution in [1.29, 1.82) is 0 Å². The van der Waals surface area contributed by atoms with E-state index in [2.05, 4.69) is 67.6 Å². The summed E-state index contributed by atoms with van der Waals surface area (Å²) in [5, 5.41) is 7.81. The molecule has 1 aliphatic rings. The maximum Gasteiger partial charge on any atom is 0 e.